The number of hydrogen-bond donors (Lipinski definition) is 2. The van der Waals surface area contributed by atoms with Gasteiger partial charge in [0.25, 0.3) is 5.91 Å². The highest BCUT2D eigenvalue weighted by Gasteiger charge is 2.43. The number of rotatable bonds is 1. The first kappa shape index (κ1) is 14.3. The van der Waals surface area contributed by atoms with E-state index in [0.717, 1.165) is 31.4 Å². The highest BCUT2D eigenvalue weighted by molar-refractivity contribution is 5.95. The molecule has 0 bridgehead atoms. The maximum absolute atomic E-state index is 12.6. The molecule has 5 nitrogen and oxygen atoms in total. The first-order valence-electron chi connectivity index (χ1n) is 7.74. The van der Waals surface area contributed by atoms with E-state index in [4.69, 9.17) is 5.73 Å². The second-order valence-electron chi connectivity index (χ2n) is 6.47. The number of aromatic nitrogens is 1. The summed E-state index contributed by atoms with van der Waals surface area (Å²) in [6.07, 6.45) is 4.82. The number of amides is 1. The van der Waals surface area contributed by atoms with Crippen LogP contribution in [0.1, 0.15) is 48.2 Å². The van der Waals surface area contributed by atoms with Crippen molar-refractivity contribution in [3.05, 3.63) is 23.4 Å². The van der Waals surface area contributed by atoms with Gasteiger partial charge in [0.15, 0.2) is 0 Å². The molecule has 0 spiro atoms. The molecule has 114 valence electrons. The van der Waals surface area contributed by atoms with Crippen LogP contribution in [-0.4, -0.2) is 39.6 Å². The Balaban J connectivity index is 1.77. The standard InChI is InChI=1S/C16H23N3O2/c1-11-8-12(9-14(17)18-11)15(20)19-7-6-16(21)5-3-2-4-13(16)10-19/h8-9,13,21H,2-7,10H2,1H3,(H2,17,18). The molecule has 21 heavy (non-hydrogen) atoms. The summed E-state index contributed by atoms with van der Waals surface area (Å²) in [6.45, 7) is 3.10. The molecule has 2 atom stereocenters. The van der Waals surface area contributed by atoms with Gasteiger partial charge in [0.2, 0.25) is 0 Å². The lowest BCUT2D eigenvalue weighted by Crippen LogP contribution is -2.54. The van der Waals surface area contributed by atoms with Gasteiger partial charge in [-0.1, -0.05) is 12.8 Å². The Morgan fingerprint density at radius 1 is 1.43 bits per heavy atom. The maximum atomic E-state index is 12.6. The number of hydrogen-bond acceptors (Lipinski definition) is 4. The molecule has 1 aromatic heterocycles. The minimum absolute atomic E-state index is 0.000163. The van der Waals surface area contributed by atoms with Crippen molar-refractivity contribution in [1.82, 2.24) is 9.88 Å². The molecule has 1 aromatic rings. The van der Waals surface area contributed by atoms with Crippen molar-refractivity contribution in [1.29, 1.82) is 0 Å². The molecule has 1 saturated carbocycles. The van der Waals surface area contributed by atoms with E-state index in [2.05, 4.69) is 4.98 Å². The summed E-state index contributed by atoms with van der Waals surface area (Å²) in [6, 6.07) is 3.41. The Bertz CT molecular complexity index is 540. The van der Waals surface area contributed by atoms with Gasteiger partial charge in [0, 0.05) is 30.3 Å². The maximum Gasteiger partial charge on any atom is 0.254 e. The average Bonchev–Trinajstić information content (AvgIpc) is 2.44. The molecule has 1 amide bonds. The molecule has 1 saturated heterocycles. The highest BCUT2D eigenvalue weighted by atomic mass is 16.3. The summed E-state index contributed by atoms with van der Waals surface area (Å²) < 4.78 is 0. The molecular weight excluding hydrogens is 266 g/mol. The zero-order valence-electron chi connectivity index (χ0n) is 12.5. The smallest absolute Gasteiger partial charge is 0.254 e. The minimum Gasteiger partial charge on any atom is -0.389 e. The number of nitrogens with zero attached hydrogens (tertiary/aromatic N) is 2. The van der Waals surface area contributed by atoms with E-state index in [1.165, 1.54) is 0 Å². The van der Waals surface area contributed by atoms with Crippen LogP contribution in [0.2, 0.25) is 0 Å². The summed E-state index contributed by atoms with van der Waals surface area (Å²) in [5.41, 5.74) is 6.53. The van der Waals surface area contributed by atoms with Gasteiger partial charge >= 0.3 is 0 Å². The molecule has 2 unspecified atom stereocenters. The third-order valence-corrected chi connectivity index (χ3v) is 4.94. The predicted molar refractivity (Wildman–Crippen MR) is 80.8 cm³/mol. The van der Waals surface area contributed by atoms with Crippen molar-refractivity contribution in [3.8, 4) is 0 Å². The fourth-order valence-electron chi connectivity index (χ4n) is 3.76. The number of pyridine rings is 1. The molecule has 1 aliphatic carbocycles. The highest BCUT2D eigenvalue weighted by Crippen LogP contribution is 2.40. The lowest BCUT2D eigenvalue weighted by molar-refractivity contribution is -0.0886. The Morgan fingerprint density at radius 3 is 3.00 bits per heavy atom. The number of nitrogen functional groups attached to an aromatic ring is 1. The van der Waals surface area contributed by atoms with Crippen molar-refractivity contribution in [2.45, 2.75) is 44.6 Å². The summed E-state index contributed by atoms with van der Waals surface area (Å²) >= 11 is 0. The van der Waals surface area contributed by atoms with Crippen LogP contribution in [0.15, 0.2) is 12.1 Å². The van der Waals surface area contributed by atoms with Crippen molar-refractivity contribution in [2.75, 3.05) is 18.8 Å². The Hall–Kier alpha value is -1.62. The predicted octanol–water partition coefficient (Wildman–Crippen LogP) is 1.74. The fourth-order valence-corrected chi connectivity index (χ4v) is 3.76. The average molecular weight is 289 g/mol. The fraction of sp³-hybridized carbons (Fsp3) is 0.625. The monoisotopic (exact) mass is 289 g/mol. The van der Waals surface area contributed by atoms with Gasteiger partial charge in [-0.25, -0.2) is 4.98 Å². The second-order valence-corrected chi connectivity index (χ2v) is 6.47. The lowest BCUT2D eigenvalue weighted by atomic mass is 9.71. The SMILES string of the molecule is Cc1cc(C(=O)N2CCC3(O)CCCCC3C2)cc(N)n1. The Labute approximate surface area is 125 Å². The molecule has 2 heterocycles. The van der Waals surface area contributed by atoms with Crippen LogP contribution in [-0.2, 0) is 0 Å². The second kappa shape index (κ2) is 5.30. The van der Waals surface area contributed by atoms with E-state index in [-0.39, 0.29) is 11.8 Å². The summed E-state index contributed by atoms with van der Waals surface area (Å²) in [7, 11) is 0. The van der Waals surface area contributed by atoms with E-state index in [9.17, 15) is 9.90 Å². The first-order valence-corrected chi connectivity index (χ1v) is 7.74. The lowest BCUT2D eigenvalue weighted by Gasteiger charge is -2.47. The van der Waals surface area contributed by atoms with E-state index in [1.807, 2.05) is 11.8 Å². The van der Waals surface area contributed by atoms with Crippen molar-refractivity contribution in [2.24, 2.45) is 5.92 Å². The van der Waals surface area contributed by atoms with Crippen LogP contribution in [0.4, 0.5) is 5.82 Å². The number of likely N-dealkylation sites (tertiary alicyclic amines) is 1. The van der Waals surface area contributed by atoms with Gasteiger partial charge < -0.3 is 15.7 Å². The Kier molecular flexibility index (Phi) is 3.61. The molecule has 2 aliphatic rings. The minimum atomic E-state index is -0.553. The quantitative estimate of drug-likeness (QED) is 0.825. The third-order valence-electron chi connectivity index (χ3n) is 4.94. The van der Waals surface area contributed by atoms with Crippen molar-refractivity contribution < 1.29 is 9.90 Å². The van der Waals surface area contributed by atoms with Gasteiger partial charge in [-0.3, -0.25) is 4.79 Å². The first-order chi connectivity index (χ1) is 9.98. The number of carbonyl (C=O) groups excluding carboxylic acids is 1. The number of anilines is 1. The summed E-state index contributed by atoms with van der Waals surface area (Å²) in [5.74, 6) is 0.591. The van der Waals surface area contributed by atoms with Crippen LogP contribution in [0.5, 0.6) is 0 Å². The molecule has 3 N–H and O–H groups in total. The molecule has 3 rings (SSSR count). The zero-order valence-corrected chi connectivity index (χ0v) is 12.5. The largest absolute Gasteiger partial charge is 0.389 e. The van der Waals surface area contributed by atoms with Crippen LogP contribution < -0.4 is 5.73 Å². The van der Waals surface area contributed by atoms with Gasteiger partial charge in [-0.2, -0.15) is 0 Å². The third kappa shape index (κ3) is 2.75. The van der Waals surface area contributed by atoms with Crippen LogP contribution in [0, 0.1) is 12.8 Å². The van der Waals surface area contributed by atoms with Crippen LogP contribution in [0.3, 0.4) is 0 Å². The number of carbonyl (C=O) groups is 1. The van der Waals surface area contributed by atoms with E-state index < -0.39 is 5.60 Å². The number of aryl methyl sites for hydroxylation is 1. The van der Waals surface area contributed by atoms with Crippen LogP contribution in [0.25, 0.3) is 0 Å². The molecule has 5 heteroatoms. The van der Waals surface area contributed by atoms with Crippen molar-refractivity contribution >= 4 is 11.7 Å². The number of aliphatic hydroxyl groups is 1. The number of piperidine rings is 1. The zero-order chi connectivity index (χ0) is 15.0. The van der Waals surface area contributed by atoms with E-state index in [1.54, 1.807) is 12.1 Å². The summed E-state index contributed by atoms with van der Waals surface area (Å²) in [5, 5.41) is 10.7. The van der Waals surface area contributed by atoms with Gasteiger partial charge in [-0.05, 0) is 38.3 Å². The molecule has 1 aliphatic heterocycles. The van der Waals surface area contributed by atoms with Crippen LogP contribution >= 0.6 is 0 Å². The van der Waals surface area contributed by atoms with Gasteiger partial charge in [-0.15, -0.1) is 0 Å². The normalized spacial score (nSPS) is 29.0. The van der Waals surface area contributed by atoms with E-state index in [0.29, 0.717) is 30.9 Å². The molecule has 0 radical (unpaired) electrons. The van der Waals surface area contributed by atoms with E-state index >= 15 is 0 Å². The van der Waals surface area contributed by atoms with Crippen molar-refractivity contribution in [3.63, 3.8) is 0 Å². The van der Waals surface area contributed by atoms with Gasteiger partial charge in [0.05, 0.1) is 5.60 Å². The topological polar surface area (TPSA) is 79.5 Å². The Morgan fingerprint density at radius 2 is 2.24 bits per heavy atom. The van der Waals surface area contributed by atoms with Gasteiger partial charge in [0.1, 0.15) is 5.82 Å². The number of fused-ring (bicyclic) bond motifs is 1. The molecule has 2 fully saturated rings. The number of nitrogens with two attached hydrogens (primary N) is 1. The molecule has 0 aromatic carbocycles. The summed E-state index contributed by atoms with van der Waals surface area (Å²) in [4.78, 5) is 18.6. The molecular formula is C16H23N3O2.